The van der Waals surface area contributed by atoms with Gasteiger partial charge in [-0.2, -0.15) is 0 Å². The van der Waals surface area contributed by atoms with E-state index in [1.54, 1.807) is 0 Å². The molecule has 19 heavy (non-hydrogen) atoms. The lowest BCUT2D eigenvalue weighted by Gasteiger charge is -2.05. The van der Waals surface area contributed by atoms with E-state index in [1.165, 1.54) is 22.2 Å². The number of para-hydroxylation sites is 2. The van der Waals surface area contributed by atoms with Crippen molar-refractivity contribution in [3.63, 3.8) is 0 Å². The molecule has 1 aliphatic rings. The number of hydrogen-bond donors (Lipinski definition) is 1. The summed E-state index contributed by atoms with van der Waals surface area (Å²) in [6.45, 7) is 1.95. The third-order valence-electron chi connectivity index (χ3n) is 3.88. The number of benzene rings is 2. The van der Waals surface area contributed by atoms with Crippen molar-refractivity contribution < 1.29 is 0 Å². The van der Waals surface area contributed by atoms with Gasteiger partial charge in [0.25, 0.3) is 0 Å². The topological polar surface area (TPSA) is 29.9 Å². The van der Waals surface area contributed by atoms with Gasteiger partial charge >= 0.3 is 0 Å². The molecule has 2 heterocycles. The fourth-order valence-corrected chi connectivity index (χ4v) is 2.84. The molecule has 3 aromatic rings. The van der Waals surface area contributed by atoms with E-state index in [9.17, 15) is 0 Å². The second kappa shape index (κ2) is 3.93. The number of nitrogens with zero attached hydrogens (tertiary/aromatic N) is 2. The van der Waals surface area contributed by atoms with Crippen LogP contribution in [0.4, 0.5) is 0 Å². The standard InChI is InChI=1S/C16H15N3/c1-19-15-5-3-2-4-14(15)18-16(19)11-6-7-12-9-17-10-13(12)8-11/h2-8,17H,9-10H2,1H3. The highest BCUT2D eigenvalue weighted by atomic mass is 15.1. The van der Waals surface area contributed by atoms with Gasteiger partial charge < -0.3 is 9.88 Å². The number of rotatable bonds is 1. The van der Waals surface area contributed by atoms with E-state index in [1.807, 2.05) is 6.07 Å². The zero-order valence-electron chi connectivity index (χ0n) is 10.9. The molecule has 1 aromatic heterocycles. The average molecular weight is 249 g/mol. The molecule has 0 radical (unpaired) electrons. The van der Waals surface area contributed by atoms with Crippen LogP contribution in [0, 0.1) is 0 Å². The van der Waals surface area contributed by atoms with Gasteiger partial charge in [-0.05, 0) is 29.3 Å². The molecule has 1 N–H and O–H groups in total. The van der Waals surface area contributed by atoms with E-state index in [-0.39, 0.29) is 0 Å². The summed E-state index contributed by atoms with van der Waals surface area (Å²) in [7, 11) is 2.08. The molecule has 0 unspecified atom stereocenters. The molecule has 1 aliphatic heterocycles. The van der Waals surface area contributed by atoms with Gasteiger partial charge in [0, 0.05) is 25.7 Å². The van der Waals surface area contributed by atoms with E-state index in [0.717, 1.165) is 24.4 Å². The summed E-state index contributed by atoms with van der Waals surface area (Å²) >= 11 is 0. The van der Waals surface area contributed by atoms with Crippen LogP contribution in [-0.4, -0.2) is 9.55 Å². The third kappa shape index (κ3) is 1.59. The van der Waals surface area contributed by atoms with E-state index < -0.39 is 0 Å². The van der Waals surface area contributed by atoms with Gasteiger partial charge in [0.05, 0.1) is 11.0 Å². The predicted octanol–water partition coefficient (Wildman–Crippen LogP) is 2.84. The van der Waals surface area contributed by atoms with Crippen LogP contribution in [0.2, 0.25) is 0 Å². The number of aromatic nitrogens is 2. The van der Waals surface area contributed by atoms with Crippen LogP contribution >= 0.6 is 0 Å². The quantitative estimate of drug-likeness (QED) is 0.718. The minimum absolute atomic E-state index is 0.965. The van der Waals surface area contributed by atoms with Gasteiger partial charge in [0.2, 0.25) is 0 Å². The van der Waals surface area contributed by atoms with Crippen molar-refractivity contribution in [2.75, 3.05) is 0 Å². The van der Waals surface area contributed by atoms with Crippen molar-refractivity contribution in [1.82, 2.24) is 14.9 Å². The van der Waals surface area contributed by atoms with Crippen LogP contribution in [0.25, 0.3) is 22.4 Å². The molecular formula is C16H15N3. The first-order chi connectivity index (χ1) is 9.33. The van der Waals surface area contributed by atoms with Gasteiger partial charge in [-0.15, -0.1) is 0 Å². The maximum Gasteiger partial charge on any atom is 0.140 e. The lowest BCUT2D eigenvalue weighted by molar-refractivity contribution is 0.765. The van der Waals surface area contributed by atoms with Crippen LogP contribution in [0.5, 0.6) is 0 Å². The number of imidazole rings is 1. The maximum atomic E-state index is 4.75. The number of aryl methyl sites for hydroxylation is 1. The predicted molar refractivity (Wildman–Crippen MR) is 76.7 cm³/mol. The van der Waals surface area contributed by atoms with Crippen LogP contribution in [0.15, 0.2) is 42.5 Å². The molecule has 2 aromatic carbocycles. The molecule has 0 aliphatic carbocycles. The molecule has 0 bridgehead atoms. The molecule has 3 nitrogen and oxygen atoms in total. The highest BCUT2D eigenvalue weighted by Gasteiger charge is 2.14. The van der Waals surface area contributed by atoms with Gasteiger partial charge in [-0.25, -0.2) is 4.98 Å². The average Bonchev–Trinajstić information content (AvgIpc) is 3.03. The Morgan fingerprint density at radius 1 is 1.05 bits per heavy atom. The first kappa shape index (κ1) is 10.8. The number of nitrogens with one attached hydrogen (secondary N) is 1. The second-order valence-electron chi connectivity index (χ2n) is 5.07. The largest absolute Gasteiger partial charge is 0.327 e. The Morgan fingerprint density at radius 3 is 2.79 bits per heavy atom. The van der Waals surface area contributed by atoms with Crippen LogP contribution < -0.4 is 5.32 Å². The van der Waals surface area contributed by atoms with Crippen molar-refractivity contribution in [3.8, 4) is 11.4 Å². The van der Waals surface area contributed by atoms with Crippen LogP contribution in [0.1, 0.15) is 11.1 Å². The molecule has 0 fully saturated rings. The summed E-state index contributed by atoms with van der Waals surface area (Å²) in [4.78, 5) is 4.75. The van der Waals surface area contributed by atoms with E-state index in [2.05, 4.69) is 53.3 Å². The van der Waals surface area contributed by atoms with Crippen molar-refractivity contribution in [1.29, 1.82) is 0 Å². The van der Waals surface area contributed by atoms with Crippen molar-refractivity contribution in [2.24, 2.45) is 7.05 Å². The normalized spacial score (nSPS) is 13.9. The summed E-state index contributed by atoms with van der Waals surface area (Å²) < 4.78 is 2.17. The van der Waals surface area contributed by atoms with E-state index in [0.29, 0.717) is 0 Å². The Kier molecular flexibility index (Phi) is 2.23. The summed E-state index contributed by atoms with van der Waals surface area (Å²) in [5.74, 6) is 1.04. The first-order valence-electron chi connectivity index (χ1n) is 6.57. The lowest BCUT2D eigenvalue weighted by Crippen LogP contribution is -1.99. The fraction of sp³-hybridized carbons (Fsp3) is 0.188. The molecule has 0 saturated heterocycles. The maximum absolute atomic E-state index is 4.75. The summed E-state index contributed by atoms with van der Waals surface area (Å²) in [6.07, 6.45) is 0. The molecule has 0 atom stereocenters. The zero-order chi connectivity index (χ0) is 12.8. The van der Waals surface area contributed by atoms with Crippen molar-refractivity contribution in [3.05, 3.63) is 53.6 Å². The molecular weight excluding hydrogens is 234 g/mol. The van der Waals surface area contributed by atoms with E-state index in [4.69, 9.17) is 4.98 Å². The summed E-state index contributed by atoms with van der Waals surface area (Å²) in [5.41, 5.74) is 6.22. The van der Waals surface area contributed by atoms with Gasteiger partial charge in [0.15, 0.2) is 0 Å². The lowest BCUT2D eigenvalue weighted by atomic mass is 10.1. The first-order valence-corrected chi connectivity index (χ1v) is 6.57. The van der Waals surface area contributed by atoms with E-state index >= 15 is 0 Å². The Bertz CT molecular complexity index is 771. The minimum atomic E-state index is 0.965. The van der Waals surface area contributed by atoms with Crippen LogP contribution in [-0.2, 0) is 20.1 Å². The Labute approximate surface area is 111 Å². The summed E-state index contributed by atoms with van der Waals surface area (Å²) in [5, 5.41) is 3.38. The second-order valence-corrected chi connectivity index (χ2v) is 5.07. The minimum Gasteiger partial charge on any atom is -0.327 e. The summed E-state index contributed by atoms with van der Waals surface area (Å²) in [6, 6.07) is 14.9. The molecule has 4 rings (SSSR count). The number of hydrogen-bond acceptors (Lipinski definition) is 2. The Morgan fingerprint density at radius 2 is 1.89 bits per heavy atom. The third-order valence-corrected chi connectivity index (χ3v) is 3.88. The Balaban J connectivity index is 1.92. The number of fused-ring (bicyclic) bond motifs is 2. The zero-order valence-corrected chi connectivity index (χ0v) is 10.9. The molecule has 0 spiro atoms. The smallest absolute Gasteiger partial charge is 0.140 e. The monoisotopic (exact) mass is 249 g/mol. The van der Waals surface area contributed by atoms with Gasteiger partial charge in [-0.1, -0.05) is 24.3 Å². The fourth-order valence-electron chi connectivity index (χ4n) is 2.84. The Hall–Kier alpha value is -2.13. The highest BCUT2D eigenvalue weighted by molar-refractivity contribution is 5.80. The van der Waals surface area contributed by atoms with Crippen LogP contribution in [0.3, 0.4) is 0 Å². The van der Waals surface area contributed by atoms with Crippen molar-refractivity contribution >= 4 is 11.0 Å². The van der Waals surface area contributed by atoms with Gasteiger partial charge in [-0.3, -0.25) is 0 Å². The SMILES string of the molecule is Cn1c(-c2ccc3c(c2)CNC3)nc2ccccc21. The highest BCUT2D eigenvalue weighted by Crippen LogP contribution is 2.26. The van der Waals surface area contributed by atoms with Gasteiger partial charge in [0.1, 0.15) is 5.82 Å². The molecule has 94 valence electrons. The van der Waals surface area contributed by atoms with Crippen molar-refractivity contribution in [2.45, 2.75) is 13.1 Å². The molecule has 0 saturated carbocycles. The molecule has 0 amide bonds. The molecule has 3 heteroatoms.